The molecule has 2 aromatic rings. The van der Waals surface area contributed by atoms with Crippen molar-refractivity contribution in [3.63, 3.8) is 0 Å². The maximum atomic E-state index is 12.7. The quantitative estimate of drug-likeness (QED) is 0.773. The SMILES string of the molecule is Cc1cccc(C(=O)c2cccc3c2OCCC3)c1Cl. The molecule has 0 atom stereocenters. The van der Waals surface area contributed by atoms with Gasteiger partial charge in [-0.1, -0.05) is 35.9 Å². The van der Waals surface area contributed by atoms with E-state index in [9.17, 15) is 4.79 Å². The molecule has 3 heteroatoms. The van der Waals surface area contributed by atoms with Gasteiger partial charge in [-0.25, -0.2) is 0 Å². The van der Waals surface area contributed by atoms with Crippen molar-refractivity contribution in [2.24, 2.45) is 0 Å². The van der Waals surface area contributed by atoms with Crippen molar-refractivity contribution in [1.82, 2.24) is 0 Å². The molecule has 2 aromatic carbocycles. The van der Waals surface area contributed by atoms with E-state index in [2.05, 4.69) is 0 Å². The molecule has 0 unspecified atom stereocenters. The normalized spacial score (nSPS) is 13.5. The average Bonchev–Trinajstić information content (AvgIpc) is 2.49. The summed E-state index contributed by atoms with van der Waals surface area (Å²) in [4.78, 5) is 12.7. The van der Waals surface area contributed by atoms with Gasteiger partial charge >= 0.3 is 0 Å². The minimum absolute atomic E-state index is 0.0718. The lowest BCUT2D eigenvalue weighted by atomic mass is 9.96. The number of rotatable bonds is 2. The molecule has 0 N–H and O–H groups in total. The number of hydrogen-bond donors (Lipinski definition) is 0. The Balaban J connectivity index is 2.09. The Morgan fingerprint density at radius 3 is 2.75 bits per heavy atom. The van der Waals surface area contributed by atoms with Crippen molar-refractivity contribution in [3.8, 4) is 5.75 Å². The van der Waals surface area contributed by atoms with Crippen LogP contribution in [0, 0.1) is 6.92 Å². The molecule has 2 nitrogen and oxygen atoms in total. The van der Waals surface area contributed by atoms with Gasteiger partial charge in [0.05, 0.1) is 17.2 Å². The van der Waals surface area contributed by atoms with Crippen molar-refractivity contribution in [2.45, 2.75) is 19.8 Å². The predicted octanol–water partition coefficient (Wildman–Crippen LogP) is 4.20. The molecular formula is C17H15ClO2. The van der Waals surface area contributed by atoms with E-state index in [1.54, 1.807) is 6.07 Å². The van der Waals surface area contributed by atoms with Crippen LogP contribution in [0.1, 0.15) is 33.5 Å². The third kappa shape index (κ3) is 2.20. The van der Waals surface area contributed by atoms with Crippen LogP contribution in [0.15, 0.2) is 36.4 Å². The van der Waals surface area contributed by atoms with Crippen molar-refractivity contribution < 1.29 is 9.53 Å². The number of aryl methyl sites for hydroxylation is 2. The van der Waals surface area contributed by atoms with Crippen molar-refractivity contribution in [3.05, 3.63) is 63.7 Å². The van der Waals surface area contributed by atoms with Gasteiger partial charge in [-0.05, 0) is 43.0 Å². The fourth-order valence-corrected chi connectivity index (χ4v) is 2.75. The molecule has 1 aliphatic rings. The summed E-state index contributed by atoms with van der Waals surface area (Å²) in [6.07, 6.45) is 1.95. The van der Waals surface area contributed by atoms with Crippen molar-refractivity contribution in [2.75, 3.05) is 6.61 Å². The maximum absolute atomic E-state index is 12.7. The molecule has 1 aliphatic heterocycles. The number of ketones is 1. The van der Waals surface area contributed by atoms with Crippen molar-refractivity contribution >= 4 is 17.4 Å². The Morgan fingerprint density at radius 1 is 1.15 bits per heavy atom. The summed E-state index contributed by atoms with van der Waals surface area (Å²) in [5.41, 5.74) is 3.15. The zero-order valence-electron chi connectivity index (χ0n) is 11.3. The lowest BCUT2D eigenvalue weighted by Gasteiger charge is -2.20. The van der Waals surface area contributed by atoms with E-state index in [0.29, 0.717) is 22.8 Å². The first-order chi connectivity index (χ1) is 9.68. The highest BCUT2D eigenvalue weighted by atomic mass is 35.5. The second-order valence-corrected chi connectivity index (χ2v) is 5.39. The molecule has 20 heavy (non-hydrogen) atoms. The minimum atomic E-state index is -0.0718. The molecule has 1 heterocycles. The molecule has 102 valence electrons. The van der Waals surface area contributed by atoms with Crippen LogP contribution >= 0.6 is 11.6 Å². The third-order valence-electron chi connectivity index (χ3n) is 3.61. The van der Waals surface area contributed by atoms with Crippen LogP contribution in [0.4, 0.5) is 0 Å². The summed E-state index contributed by atoms with van der Waals surface area (Å²) in [7, 11) is 0. The molecule has 0 aliphatic carbocycles. The fraction of sp³-hybridized carbons (Fsp3) is 0.235. The maximum Gasteiger partial charge on any atom is 0.198 e. The summed E-state index contributed by atoms with van der Waals surface area (Å²) < 4.78 is 5.70. The lowest BCUT2D eigenvalue weighted by Crippen LogP contribution is -2.13. The number of para-hydroxylation sites is 1. The van der Waals surface area contributed by atoms with Crippen LogP contribution in [-0.4, -0.2) is 12.4 Å². The number of benzene rings is 2. The number of fused-ring (bicyclic) bond motifs is 1. The summed E-state index contributed by atoms with van der Waals surface area (Å²) >= 11 is 6.26. The number of carbonyl (C=O) groups is 1. The van der Waals surface area contributed by atoms with E-state index in [4.69, 9.17) is 16.3 Å². The van der Waals surface area contributed by atoms with Crippen LogP contribution in [-0.2, 0) is 6.42 Å². The van der Waals surface area contributed by atoms with Gasteiger partial charge < -0.3 is 4.74 Å². The van der Waals surface area contributed by atoms with Gasteiger partial charge in [-0.3, -0.25) is 4.79 Å². The Bertz CT molecular complexity index is 677. The molecule has 0 spiro atoms. The first kappa shape index (κ1) is 13.2. The zero-order chi connectivity index (χ0) is 14.1. The average molecular weight is 287 g/mol. The summed E-state index contributed by atoms with van der Waals surface area (Å²) in [6, 6.07) is 11.2. The van der Waals surface area contributed by atoms with Crippen LogP contribution < -0.4 is 4.74 Å². The molecule has 0 bridgehead atoms. The highest BCUT2D eigenvalue weighted by molar-refractivity contribution is 6.35. The van der Waals surface area contributed by atoms with Crippen molar-refractivity contribution in [1.29, 1.82) is 0 Å². The van der Waals surface area contributed by atoms with Gasteiger partial charge in [-0.2, -0.15) is 0 Å². The number of hydrogen-bond acceptors (Lipinski definition) is 2. The number of halogens is 1. The Morgan fingerprint density at radius 2 is 1.90 bits per heavy atom. The minimum Gasteiger partial charge on any atom is -0.493 e. The summed E-state index contributed by atoms with van der Waals surface area (Å²) in [5.74, 6) is 0.652. The van der Waals surface area contributed by atoms with Crippen LogP contribution in [0.25, 0.3) is 0 Å². The smallest absolute Gasteiger partial charge is 0.198 e. The highest BCUT2D eigenvalue weighted by Gasteiger charge is 2.21. The molecule has 3 rings (SSSR count). The van der Waals surface area contributed by atoms with Gasteiger partial charge in [0.1, 0.15) is 5.75 Å². The molecular weight excluding hydrogens is 272 g/mol. The molecule has 0 saturated heterocycles. The lowest BCUT2D eigenvalue weighted by molar-refractivity contribution is 0.103. The molecule has 0 amide bonds. The second-order valence-electron chi connectivity index (χ2n) is 5.01. The van der Waals surface area contributed by atoms with Gasteiger partial charge in [0.25, 0.3) is 0 Å². The van der Waals surface area contributed by atoms with Crippen LogP contribution in [0.2, 0.25) is 5.02 Å². The zero-order valence-corrected chi connectivity index (χ0v) is 12.0. The van der Waals surface area contributed by atoms with Gasteiger partial charge in [-0.15, -0.1) is 0 Å². The van der Waals surface area contributed by atoms with Gasteiger partial charge in [0.15, 0.2) is 5.78 Å². The molecule has 0 fully saturated rings. The topological polar surface area (TPSA) is 26.3 Å². The standard InChI is InChI=1S/C17H15ClO2/c1-11-5-2-8-13(15(11)18)16(19)14-9-3-6-12-7-4-10-20-17(12)14/h2-3,5-6,8-9H,4,7,10H2,1H3. The largest absolute Gasteiger partial charge is 0.493 e. The Kier molecular flexibility index (Phi) is 3.49. The molecule has 0 saturated carbocycles. The molecule has 0 aromatic heterocycles. The second kappa shape index (κ2) is 5.29. The van der Waals surface area contributed by atoms with Gasteiger partial charge in [0.2, 0.25) is 0 Å². The van der Waals surface area contributed by atoms with E-state index in [0.717, 1.165) is 29.7 Å². The Labute approximate surface area is 123 Å². The van der Waals surface area contributed by atoms with E-state index in [1.807, 2.05) is 37.3 Å². The first-order valence-electron chi connectivity index (χ1n) is 6.73. The highest BCUT2D eigenvalue weighted by Crippen LogP contribution is 2.32. The van der Waals surface area contributed by atoms with Crippen LogP contribution in [0.3, 0.4) is 0 Å². The van der Waals surface area contributed by atoms with Gasteiger partial charge in [0, 0.05) is 5.56 Å². The molecule has 0 radical (unpaired) electrons. The predicted molar refractivity (Wildman–Crippen MR) is 79.9 cm³/mol. The summed E-state index contributed by atoms with van der Waals surface area (Å²) in [5, 5.41) is 0.519. The van der Waals surface area contributed by atoms with Crippen LogP contribution in [0.5, 0.6) is 5.75 Å². The first-order valence-corrected chi connectivity index (χ1v) is 7.11. The van der Waals surface area contributed by atoms with E-state index < -0.39 is 0 Å². The third-order valence-corrected chi connectivity index (χ3v) is 4.12. The van der Waals surface area contributed by atoms with E-state index in [-0.39, 0.29) is 5.78 Å². The van der Waals surface area contributed by atoms with E-state index in [1.165, 1.54) is 0 Å². The summed E-state index contributed by atoms with van der Waals surface area (Å²) in [6.45, 7) is 2.56. The Hall–Kier alpha value is -1.80. The monoisotopic (exact) mass is 286 g/mol. The fourth-order valence-electron chi connectivity index (χ4n) is 2.54. The number of ether oxygens (including phenoxy) is 1. The number of carbonyl (C=O) groups excluding carboxylic acids is 1. The van der Waals surface area contributed by atoms with E-state index >= 15 is 0 Å².